The number of aliphatic carboxylic acids is 2. The van der Waals surface area contributed by atoms with E-state index in [1.807, 2.05) is 0 Å². The molecule has 0 aromatic heterocycles. The van der Waals surface area contributed by atoms with Crippen molar-refractivity contribution in [2.24, 2.45) is 0 Å². The Balaban J connectivity index is -0.000000138. The second-order valence-corrected chi connectivity index (χ2v) is 1.89. The summed E-state index contributed by atoms with van der Waals surface area (Å²) >= 11 is 4.76. The van der Waals surface area contributed by atoms with Gasteiger partial charge in [-0.3, -0.25) is 4.79 Å². The minimum Gasteiger partial charge on any atom is -0.481 e. The zero-order valence-corrected chi connectivity index (χ0v) is 8.41. The summed E-state index contributed by atoms with van der Waals surface area (Å²) in [5, 5.41) is 15.4. The van der Waals surface area contributed by atoms with E-state index >= 15 is 0 Å². The molecule has 0 aliphatic rings. The lowest BCUT2D eigenvalue weighted by atomic mass is 10.4. The smallest absolute Gasteiger partial charge is 0.327 e. The Bertz CT molecular complexity index is 199. The summed E-state index contributed by atoms with van der Waals surface area (Å²) in [5.74, 6) is -1.81. The van der Waals surface area contributed by atoms with Crippen molar-refractivity contribution < 1.29 is 19.8 Å². The third-order valence-electron chi connectivity index (χ3n) is 0.494. The van der Waals surface area contributed by atoms with E-state index in [2.05, 4.69) is 19.7 Å². The lowest BCUT2D eigenvalue weighted by molar-refractivity contribution is -0.136. The maximum atomic E-state index is 9.53. The summed E-state index contributed by atoms with van der Waals surface area (Å²) in [6.45, 7) is 9.31. The number of carboxylic acid groups (broad SMARTS) is 2. The van der Waals surface area contributed by atoms with Crippen molar-refractivity contribution in [3.05, 3.63) is 37.4 Å². The molecule has 0 aliphatic carbocycles. The Morgan fingerprint density at radius 3 is 1.50 bits per heavy atom. The number of halogens is 1. The number of carbonyl (C=O) groups is 2. The van der Waals surface area contributed by atoms with Crippen molar-refractivity contribution in [1.82, 2.24) is 0 Å². The first-order chi connectivity index (χ1) is 6.45. The van der Waals surface area contributed by atoms with Crippen LogP contribution in [0.3, 0.4) is 0 Å². The normalized spacial score (nSPS) is 6.36. The number of hydrogen-bond donors (Lipinski definition) is 2. The van der Waals surface area contributed by atoms with Crippen LogP contribution in [0.4, 0.5) is 0 Å². The van der Waals surface area contributed by atoms with E-state index in [1.165, 1.54) is 11.6 Å². The van der Waals surface area contributed by atoms with Crippen LogP contribution >= 0.6 is 11.6 Å². The average molecular weight is 221 g/mol. The molecule has 0 amide bonds. The quantitative estimate of drug-likeness (QED) is 0.565. The van der Waals surface area contributed by atoms with Crippen molar-refractivity contribution >= 4 is 23.5 Å². The van der Waals surface area contributed by atoms with Gasteiger partial charge in [0.1, 0.15) is 0 Å². The van der Waals surface area contributed by atoms with Crippen LogP contribution in [-0.2, 0) is 9.59 Å². The van der Waals surface area contributed by atoms with Gasteiger partial charge in [0, 0.05) is 6.08 Å². The first kappa shape index (κ1) is 18.3. The predicted octanol–water partition coefficient (Wildman–Crippen LogP) is 2.27. The minimum atomic E-state index is -0.981. The van der Waals surface area contributed by atoms with Gasteiger partial charge >= 0.3 is 11.9 Å². The van der Waals surface area contributed by atoms with Gasteiger partial charge in [-0.1, -0.05) is 30.8 Å². The molecule has 2 N–H and O–H groups in total. The van der Waals surface area contributed by atoms with Crippen molar-refractivity contribution in [3.8, 4) is 0 Å². The summed E-state index contributed by atoms with van der Waals surface area (Å²) in [6.07, 6.45) is 2.24. The fourth-order valence-electron chi connectivity index (χ4n) is 0.123. The molecule has 0 atom stereocenters. The van der Waals surface area contributed by atoms with Gasteiger partial charge in [-0.25, -0.2) is 4.79 Å². The highest BCUT2D eigenvalue weighted by atomic mass is 35.5. The molecule has 0 unspecified atom stereocenters. The van der Waals surface area contributed by atoms with Crippen molar-refractivity contribution in [2.75, 3.05) is 0 Å². The third kappa shape index (κ3) is 78.4. The van der Waals surface area contributed by atoms with Crippen LogP contribution < -0.4 is 0 Å². The Kier molecular flexibility index (Phi) is 22.9. The molecule has 0 heterocycles. The molecule has 0 fully saturated rings. The van der Waals surface area contributed by atoms with E-state index in [0.717, 1.165) is 6.08 Å². The maximum Gasteiger partial charge on any atom is 0.327 e. The fraction of sp³-hybridized carbons (Fsp3) is 0.111. The van der Waals surface area contributed by atoms with Crippen LogP contribution in [0.5, 0.6) is 0 Å². The van der Waals surface area contributed by atoms with Crippen molar-refractivity contribution in [3.63, 3.8) is 0 Å². The molecule has 14 heavy (non-hydrogen) atoms. The van der Waals surface area contributed by atoms with Gasteiger partial charge in [-0.05, 0) is 5.54 Å². The molecule has 0 rings (SSSR count). The molecule has 0 aromatic rings. The lowest BCUT2D eigenvalue weighted by Crippen LogP contribution is -1.88. The summed E-state index contributed by atoms with van der Waals surface area (Å²) in [6, 6.07) is 0. The van der Waals surface area contributed by atoms with E-state index in [9.17, 15) is 9.59 Å². The summed E-state index contributed by atoms with van der Waals surface area (Å²) in [7, 11) is 0. The maximum absolute atomic E-state index is 9.53. The summed E-state index contributed by atoms with van der Waals surface area (Å²) in [5.41, 5.74) is 1.22. The molecule has 0 spiro atoms. The molecular weight excluding hydrogens is 208 g/mol. The Morgan fingerprint density at radius 1 is 1.21 bits per heavy atom. The van der Waals surface area contributed by atoms with E-state index in [1.54, 1.807) is 0 Å². The topological polar surface area (TPSA) is 74.6 Å². The molecule has 5 heteroatoms. The number of hydrogen-bond acceptors (Lipinski definition) is 2. The molecule has 0 saturated heterocycles. The molecule has 0 saturated carbocycles. The van der Waals surface area contributed by atoms with Gasteiger partial charge in [0.15, 0.2) is 0 Å². The van der Waals surface area contributed by atoms with Crippen molar-refractivity contribution in [1.29, 1.82) is 0 Å². The van der Waals surface area contributed by atoms with Gasteiger partial charge in [0.2, 0.25) is 0 Å². The van der Waals surface area contributed by atoms with Crippen LogP contribution in [0.1, 0.15) is 6.42 Å². The van der Waals surface area contributed by atoms with Gasteiger partial charge in [-0.2, -0.15) is 0 Å². The molecule has 80 valence electrons. The molecule has 0 bridgehead atoms. The summed E-state index contributed by atoms with van der Waals surface area (Å²) < 4.78 is 0. The largest absolute Gasteiger partial charge is 0.481 e. The van der Waals surface area contributed by atoms with Crippen LogP contribution in [0.15, 0.2) is 37.4 Å². The zero-order valence-electron chi connectivity index (χ0n) is 7.65. The monoisotopic (exact) mass is 220 g/mol. The van der Waals surface area contributed by atoms with Gasteiger partial charge in [0.05, 0.1) is 6.42 Å². The van der Waals surface area contributed by atoms with Gasteiger partial charge in [0.25, 0.3) is 0 Å². The average Bonchev–Trinajstić information content (AvgIpc) is 2.06. The second-order valence-electron chi connectivity index (χ2n) is 1.58. The van der Waals surface area contributed by atoms with Crippen LogP contribution in [0.2, 0.25) is 0 Å². The predicted molar refractivity (Wildman–Crippen MR) is 56.3 cm³/mol. The highest BCUT2D eigenvalue weighted by Gasteiger charge is 1.84. The second kappa shape index (κ2) is 17.5. The van der Waals surface area contributed by atoms with Crippen LogP contribution in [0, 0.1) is 0 Å². The molecular formula is C9H13ClO4. The van der Waals surface area contributed by atoms with E-state index in [0.29, 0.717) is 0 Å². The molecule has 4 nitrogen and oxygen atoms in total. The highest BCUT2D eigenvalue weighted by Crippen LogP contribution is 1.74. The minimum absolute atomic E-state index is 0.0556. The SMILES string of the molecule is C=CC(=O)O.C=CCC(=O)O.C=CCl. The summed E-state index contributed by atoms with van der Waals surface area (Å²) in [4.78, 5) is 18.8. The standard InChI is InChI=1S/C4H6O2.C3H4O2.C2H3Cl/c1-2-3-4(5)6;1-2-3(4)5;1-2-3/h2H,1,3H2,(H,5,6);2H,1H2,(H,4,5);2H,1H2. The highest BCUT2D eigenvalue weighted by molar-refractivity contribution is 6.25. The lowest BCUT2D eigenvalue weighted by Gasteiger charge is -1.75. The Morgan fingerprint density at radius 2 is 1.50 bits per heavy atom. The molecule has 0 radical (unpaired) electrons. The first-order valence-electron chi connectivity index (χ1n) is 3.35. The van der Waals surface area contributed by atoms with Gasteiger partial charge in [-0.15, -0.1) is 6.58 Å². The van der Waals surface area contributed by atoms with Crippen LogP contribution in [0.25, 0.3) is 0 Å². The first-order valence-corrected chi connectivity index (χ1v) is 3.79. The Labute approximate surface area is 87.8 Å². The molecule has 0 aliphatic heterocycles. The van der Waals surface area contributed by atoms with Crippen molar-refractivity contribution in [2.45, 2.75) is 6.42 Å². The third-order valence-corrected chi connectivity index (χ3v) is 0.494. The number of rotatable bonds is 3. The zero-order chi connectivity index (χ0) is 12.0. The van der Waals surface area contributed by atoms with Crippen LogP contribution in [-0.4, -0.2) is 22.2 Å². The Hall–Kier alpha value is -1.55. The molecule has 0 aromatic carbocycles. The van der Waals surface area contributed by atoms with Gasteiger partial charge < -0.3 is 10.2 Å². The van der Waals surface area contributed by atoms with E-state index in [-0.39, 0.29) is 6.42 Å². The fourth-order valence-corrected chi connectivity index (χ4v) is 0.123. The van der Waals surface area contributed by atoms with E-state index < -0.39 is 11.9 Å². The number of carboxylic acids is 2. The van der Waals surface area contributed by atoms with E-state index in [4.69, 9.17) is 21.8 Å².